The standard InChI is InChI=1S/C16H21F3N4O3/c17-16(18,19)26-13-3-1-12(2-4-13)21-15(25)11-23-9-7-22(8-10-23)6-5-14(20)24/h1-4H,5-11H2,(H2,20,24)(H,21,25). The molecule has 2 amide bonds. The highest BCUT2D eigenvalue weighted by Crippen LogP contribution is 2.23. The molecule has 0 radical (unpaired) electrons. The first kappa shape index (κ1) is 20.0. The number of carbonyl (C=O) groups is 2. The Morgan fingerprint density at radius 3 is 2.19 bits per heavy atom. The van der Waals surface area contributed by atoms with E-state index in [9.17, 15) is 22.8 Å². The second-order valence-corrected chi connectivity index (χ2v) is 5.95. The molecule has 0 atom stereocenters. The molecule has 7 nitrogen and oxygen atoms in total. The predicted molar refractivity (Wildman–Crippen MR) is 88.4 cm³/mol. The number of hydrogen-bond donors (Lipinski definition) is 2. The third-order valence-electron chi connectivity index (χ3n) is 3.88. The highest BCUT2D eigenvalue weighted by molar-refractivity contribution is 5.92. The van der Waals surface area contributed by atoms with Crippen LogP contribution in [0.3, 0.4) is 0 Å². The monoisotopic (exact) mass is 374 g/mol. The van der Waals surface area contributed by atoms with Gasteiger partial charge in [-0.2, -0.15) is 0 Å². The van der Waals surface area contributed by atoms with Crippen LogP contribution in [0, 0.1) is 0 Å². The van der Waals surface area contributed by atoms with E-state index in [2.05, 4.69) is 15.0 Å². The molecular formula is C16H21F3N4O3. The van der Waals surface area contributed by atoms with Crippen LogP contribution in [0.5, 0.6) is 5.75 Å². The molecule has 0 aliphatic carbocycles. The van der Waals surface area contributed by atoms with Crippen molar-refractivity contribution < 1.29 is 27.5 Å². The van der Waals surface area contributed by atoms with Crippen molar-refractivity contribution in [3.63, 3.8) is 0 Å². The number of halogens is 3. The van der Waals surface area contributed by atoms with Crippen molar-refractivity contribution in [2.75, 3.05) is 44.6 Å². The third-order valence-corrected chi connectivity index (χ3v) is 3.88. The number of primary amides is 1. The molecule has 1 fully saturated rings. The molecule has 26 heavy (non-hydrogen) atoms. The fourth-order valence-corrected chi connectivity index (χ4v) is 2.58. The van der Waals surface area contributed by atoms with Crippen LogP contribution >= 0.6 is 0 Å². The topological polar surface area (TPSA) is 87.9 Å². The van der Waals surface area contributed by atoms with Gasteiger partial charge in [-0.05, 0) is 24.3 Å². The lowest BCUT2D eigenvalue weighted by atomic mass is 10.2. The quantitative estimate of drug-likeness (QED) is 0.744. The lowest BCUT2D eigenvalue weighted by Gasteiger charge is -2.34. The van der Waals surface area contributed by atoms with Crippen LogP contribution in [-0.2, 0) is 9.59 Å². The first-order chi connectivity index (χ1) is 12.2. The van der Waals surface area contributed by atoms with Gasteiger partial charge >= 0.3 is 6.36 Å². The number of carbonyl (C=O) groups excluding carboxylic acids is 2. The number of ether oxygens (including phenoxy) is 1. The molecule has 0 bridgehead atoms. The number of alkyl halides is 3. The maximum atomic E-state index is 12.1. The molecule has 1 aromatic rings. The largest absolute Gasteiger partial charge is 0.573 e. The van der Waals surface area contributed by atoms with Gasteiger partial charge in [0.25, 0.3) is 0 Å². The van der Waals surface area contributed by atoms with E-state index in [4.69, 9.17) is 5.73 Å². The maximum absolute atomic E-state index is 12.1. The minimum atomic E-state index is -4.75. The van der Waals surface area contributed by atoms with Crippen LogP contribution in [0.15, 0.2) is 24.3 Å². The number of anilines is 1. The Labute approximate surface area is 148 Å². The fraction of sp³-hybridized carbons (Fsp3) is 0.500. The Kier molecular flexibility index (Phi) is 6.81. The van der Waals surface area contributed by atoms with E-state index >= 15 is 0 Å². The van der Waals surface area contributed by atoms with E-state index in [1.165, 1.54) is 12.1 Å². The van der Waals surface area contributed by atoms with Gasteiger partial charge < -0.3 is 20.7 Å². The Morgan fingerprint density at radius 2 is 1.65 bits per heavy atom. The van der Waals surface area contributed by atoms with Crippen LogP contribution in [0.25, 0.3) is 0 Å². The van der Waals surface area contributed by atoms with Crippen molar-refractivity contribution in [3.8, 4) is 5.75 Å². The van der Waals surface area contributed by atoms with Gasteiger partial charge in [-0.25, -0.2) is 0 Å². The minimum Gasteiger partial charge on any atom is -0.406 e. The molecule has 1 aliphatic rings. The molecular weight excluding hydrogens is 353 g/mol. The SMILES string of the molecule is NC(=O)CCN1CCN(CC(=O)Nc2ccc(OC(F)(F)F)cc2)CC1. The van der Waals surface area contributed by atoms with Crippen molar-refractivity contribution in [2.45, 2.75) is 12.8 Å². The molecule has 2 rings (SSSR count). The summed E-state index contributed by atoms with van der Waals surface area (Å²) in [6, 6.07) is 4.97. The van der Waals surface area contributed by atoms with Crippen molar-refractivity contribution in [1.82, 2.24) is 9.80 Å². The highest BCUT2D eigenvalue weighted by Gasteiger charge is 2.31. The van der Waals surface area contributed by atoms with E-state index in [1.807, 2.05) is 4.90 Å². The average Bonchev–Trinajstić information content (AvgIpc) is 2.54. The second-order valence-electron chi connectivity index (χ2n) is 5.95. The summed E-state index contributed by atoms with van der Waals surface area (Å²) < 4.78 is 40.1. The minimum absolute atomic E-state index is 0.185. The zero-order chi connectivity index (χ0) is 19.2. The van der Waals surface area contributed by atoms with E-state index in [0.29, 0.717) is 31.7 Å². The zero-order valence-corrected chi connectivity index (χ0v) is 14.1. The zero-order valence-electron chi connectivity index (χ0n) is 14.1. The number of benzene rings is 1. The second kappa shape index (κ2) is 8.86. The number of hydrogen-bond acceptors (Lipinski definition) is 5. The number of amides is 2. The van der Waals surface area contributed by atoms with E-state index in [-0.39, 0.29) is 24.1 Å². The van der Waals surface area contributed by atoms with Crippen LogP contribution in [0.1, 0.15) is 6.42 Å². The number of nitrogens with zero attached hydrogens (tertiary/aromatic N) is 2. The number of piperazine rings is 1. The first-order valence-corrected chi connectivity index (χ1v) is 8.10. The molecule has 0 aromatic heterocycles. The summed E-state index contributed by atoms with van der Waals surface area (Å²) in [7, 11) is 0. The molecule has 3 N–H and O–H groups in total. The van der Waals surface area contributed by atoms with Gasteiger partial charge in [0.15, 0.2) is 0 Å². The smallest absolute Gasteiger partial charge is 0.406 e. The summed E-state index contributed by atoms with van der Waals surface area (Å²) in [4.78, 5) is 26.9. The third kappa shape index (κ3) is 7.28. The molecule has 1 heterocycles. The van der Waals surface area contributed by atoms with Gasteiger partial charge in [0, 0.05) is 44.8 Å². The summed E-state index contributed by atoms with van der Waals surface area (Å²) in [6.45, 7) is 3.65. The van der Waals surface area contributed by atoms with E-state index < -0.39 is 6.36 Å². The number of nitrogens with one attached hydrogen (secondary N) is 1. The summed E-state index contributed by atoms with van der Waals surface area (Å²) in [6.07, 6.45) is -4.43. The van der Waals surface area contributed by atoms with Crippen LogP contribution < -0.4 is 15.8 Å². The Balaban J connectivity index is 1.73. The Morgan fingerprint density at radius 1 is 1.08 bits per heavy atom. The first-order valence-electron chi connectivity index (χ1n) is 8.10. The normalized spacial score (nSPS) is 16.3. The van der Waals surface area contributed by atoms with Gasteiger partial charge in [0.05, 0.1) is 6.54 Å². The number of rotatable bonds is 7. The van der Waals surface area contributed by atoms with Crippen molar-refractivity contribution in [1.29, 1.82) is 0 Å². The summed E-state index contributed by atoms with van der Waals surface area (Å²) in [5, 5.41) is 2.64. The van der Waals surface area contributed by atoms with Crippen LogP contribution in [-0.4, -0.2) is 67.2 Å². The molecule has 1 aromatic carbocycles. The van der Waals surface area contributed by atoms with E-state index in [1.54, 1.807) is 0 Å². The van der Waals surface area contributed by atoms with Gasteiger partial charge in [0.2, 0.25) is 11.8 Å². The fourth-order valence-electron chi connectivity index (χ4n) is 2.58. The Hall–Kier alpha value is -2.33. The molecule has 0 spiro atoms. The van der Waals surface area contributed by atoms with Gasteiger partial charge in [-0.3, -0.25) is 14.5 Å². The van der Waals surface area contributed by atoms with Gasteiger partial charge in [-0.1, -0.05) is 0 Å². The molecule has 0 unspecified atom stereocenters. The lowest BCUT2D eigenvalue weighted by Crippen LogP contribution is -2.49. The van der Waals surface area contributed by atoms with Gasteiger partial charge in [0.1, 0.15) is 5.75 Å². The van der Waals surface area contributed by atoms with Crippen LogP contribution in [0.2, 0.25) is 0 Å². The lowest BCUT2D eigenvalue weighted by molar-refractivity contribution is -0.274. The van der Waals surface area contributed by atoms with Crippen molar-refractivity contribution >= 4 is 17.5 Å². The predicted octanol–water partition coefficient (Wildman–Crippen LogP) is 1.02. The van der Waals surface area contributed by atoms with Gasteiger partial charge in [-0.15, -0.1) is 13.2 Å². The van der Waals surface area contributed by atoms with Crippen molar-refractivity contribution in [3.05, 3.63) is 24.3 Å². The van der Waals surface area contributed by atoms with E-state index in [0.717, 1.165) is 25.2 Å². The van der Waals surface area contributed by atoms with Crippen LogP contribution in [0.4, 0.5) is 18.9 Å². The molecule has 0 saturated carbocycles. The number of nitrogens with two attached hydrogens (primary N) is 1. The average molecular weight is 374 g/mol. The molecule has 1 saturated heterocycles. The summed E-state index contributed by atoms with van der Waals surface area (Å²) >= 11 is 0. The Bertz CT molecular complexity index is 614. The molecule has 10 heteroatoms. The molecule has 1 aliphatic heterocycles. The highest BCUT2D eigenvalue weighted by atomic mass is 19.4. The summed E-state index contributed by atoms with van der Waals surface area (Å²) in [5.74, 6) is -0.930. The van der Waals surface area contributed by atoms with Crippen molar-refractivity contribution in [2.24, 2.45) is 5.73 Å². The summed E-state index contributed by atoms with van der Waals surface area (Å²) in [5.41, 5.74) is 5.52. The maximum Gasteiger partial charge on any atom is 0.573 e. The molecule has 144 valence electrons.